The Morgan fingerprint density at radius 3 is 2.31 bits per heavy atom. The van der Waals surface area contributed by atoms with Gasteiger partial charge in [-0.05, 0) is 93.5 Å². The molecule has 0 aliphatic carbocycles. The Balaban J connectivity index is 1.18. The van der Waals surface area contributed by atoms with Gasteiger partial charge >= 0.3 is 0 Å². The number of carbonyl (C=O) groups excluding carboxylic acids is 2. The van der Waals surface area contributed by atoms with Crippen molar-refractivity contribution in [1.29, 1.82) is 0 Å². The molecule has 0 atom stereocenters. The highest BCUT2D eigenvalue weighted by atomic mass is 19.3. The van der Waals surface area contributed by atoms with Gasteiger partial charge in [0.15, 0.2) is 0 Å². The zero-order chi connectivity index (χ0) is 30.2. The largest absolute Gasteiger partial charge is 0.414 e. The molecule has 0 radical (unpaired) electrons. The van der Waals surface area contributed by atoms with Gasteiger partial charge < -0.3 is 20.2 Å². The molecule has 3 aliphatic heterocycles. The molecule has 0 unspecified atom stereocenters. The quantitative estimate of drug-likeness (QED) is 0.481. The molecule has 2 aromatic carbocycles. The SMILES string of the molecule is Cc1cc(C(=O)N2CCC(C)(O)CC2)cc(C)c1/C=C/ON1CCC2(CC1)N=C(c1ccc(C(F)F)c(F)c1)NC2=O. The van der Waals surface area contributed by atoms with E-state index in [0.717, 1.165) is 28.8 Å². The summed E-state index contributed by atoms with van der Waals surface area (Å²) in [5.74, 6) is -1.21. The predicted octanol–water partition coefficient (Wildman–Crippen LogP) is 4.68. The summed E-state index contributed by atoms with van der Waals surface area (Å²) < 4.78 is 39.9. The lowest BCUT2D eigenvalue weighted by atomic mass is 9.89. The Morgan fingerprint density at radius 1 is 1.07 bits per heavy atom. The van der Waals surface area contributed by atoms with Crippen LogP contribution in [0.4, 0.5) is 13.2 Å². The normalized spacial score (nSPS) is 20.3. The summed E-state index contributed by atoms with van der Waals surface area (Å²) in [6.45, 7) is 7.57. The molecule has 3 heterocycles. The lowest BCUT2D eigenvalue weighted by Crippen LogP contribution is -2.48. The van der Waals surface area contributed by atoms with E-state index in [1.54, 1.807) is 23.1 Å². The molecule has 5 rings (SSSR count). The number of carbonyl (C=O) groups is 2. The Labute approximate surface area is 242 Å². The molecule has 11 heteroatoms. The first-order chi connectivity index (χ1) is 19.9. The van der Waals surface area contributed by atoms with Crippen LogP contribution in [0.3, 0.4) is 0 Å². The minimum Gasteiger partial charge on any atom is -0.414 e. The van der Waals surface area contributed by atoms with Gasteiger partial charge in [-0.25, -0.2) is 13.2 Å². The maximum atomic E-state index is 14.1. The van der Waals surface area contributed by atoms with E-state index < -0.39 is 28.9 Å². The molecule has 8 nitrogen and oxygen atoms in total. The van der Waals surface area contributed by atoms with Crippen LogP contribution in [0.25, 0.3) is 6.08 Å². The highest BCUT2D eigenvalue weighted by Gasteiger charge is 2.46. The van der Waals surface area contributed by atoms with Crippen molar-refractivity contribution in [2.75, 3.05) is 26.2 Å². The van der Waals surface area contributed by atoms with Gasteiger partial charge in [0.1, 0.15) is 23.5 Å². The van der Waals surface area contributed by atoms with Crippen molar-refractivity contribution in [2.24, 2.45) is 4.99 Å². The first kappa shape index (κ1) is 29.8. The summed E-state index contributed by atoms with van der Waals surface area (Å²) in [5, 5.41) is 14.6. The smallest absolute Gasteiger partial charge is 0.266 e. The zero-order valence-electron chi connectivity index (χ0n) is 23.9. The second-order valence-corrected chi connectivity index (χ2v) is 11.6. The second kappa shape index (κ2) is 11.5. The molecule has 0 bridgehead atoms. The number of likely N-dealkylation sites (tertiary alicyclic amines) is 1. The number of alkyl halides is 2. The van der Waals surface area contributed by atoms with Crippen LogP contribution in [0, 0.1) is 19.7 Å². The second-order valence-electron chi connectivity index (χ2n) is 11.6. The van der Waals surface area contributed by atoms with Crippen LogP contribution in [-0.4, -0.2) is 70.0 Å². The van der Waals surface area contributed by atoms with Crippen LogP contribution < -0.4 is 5.32 Å². The number of nitrogens with zero attached hydrogens (tertiary/aromatic N) is 3. The first-order valence-corrected chi connectivity index (χ1v) is 14.1. The molecule has 0 aromatic heterocycles. The number of aliphatic imine (C=N–C) groups is 1. The summed E-state index contributed by atoms with van der Waals surface area (Å²) in [6, 6.07) is 7.04. The third-order valence-corrected chi connectivity index (χ3v) is 8.45. The van der Waals surface area contributed by atoms with E-state index >= 15 is 0 Å². The minimum absolute atomic E-state index is 0.0391. The fraction of sp³-hybridized carbons (Fsp3) is 0.452. The van der Waals surface area contributed by atoms with Crippen molar-refractivity contribution in [3.05, 3.63) is 75.8 Å². The third-order valence-electron chi connectivity index (χ3n) is 8.45. The van der Waals surface area contributed by atoms with Crippen LogP contribution in [-0.2, 0) is 9.63 Å². The van der Waals surface area contributed by atoms with Gasteiger partial charge in [-0.15, -0.1) is 5.06 Å². The van der Waals surface area contributed by atoms with Crippen LogP contribution in [0.15, 0.2) is 41.6 Å². The number of amidine groups is 1. The number of halogens is 3. The van der Waals surface area contributed by atoms with E-state index in [9.17, 15) is 27.9 Å². The van der Waals surface area contributed by atoms with Crippen molar-refractivity contribution < 1.29 is 32.7 Å². The topological polar surface area (TPSA) is 94.5 Å². The molecule has 2 N–H and O–H groups in total. The van der Waals surface area contributed by atoms with Crippen molar-refractivity contribution in [2.45, 2.75) is 64.0 Å². The number of piperidine rings is 2. The number of hydroxylamine groups is 2. The molecule has 224 valence electrons. The third kappa shape index (κ3) is 6.07. The zero-order valence-corrected chi connectivity index (χ0v) is 23.9. The number of hydrogen-bond donors (Lipinski definition) is 2. The van der Waals surface area contributed by atoms with Gasteiger partial charge in [0.25, 0.3) is 18.2 Å². The van der Waals surface area contributed by atoms with E-state index in [2.05, 4.69) is 10.3 Å². The van der Waals surface area contributed by atoms with E-state index in [1.807, 2.05) is 32.1 Å². The van der Waals surface area contributed by atoms with Gasteiger partial charge in [-0.3, -0.25) is 14.6 Å². The summed E-state index contributed by atoms with van der Waals surface area (Å²) >= 11 is 0. The van der Waals surface area contributed by atoms with Crippen molar-refractivity contribution in [3.63, 3.8) is 0 Å². The molecule has 2 amide bonds. The Hall–Kier alpha value is -3.70. The number of amides is 2. The van der Waals surface area contributed by atoms with Crippen molar-refractivity contribution >= 4 is 23.7 Å². The highest BCUT2D eigenvalue weighted by molar-refractivity contribution is 6.15. The lowest BCUT2D eigenvalue weighted by Gasteiger charge is -2.36. The van der Waals surface area contributed by atoms with Crippen LogP contribution in [0.5, 0.6) is 0 Å². The maximum absolute atomic E-state index is 14.1. The van der Waals surface area contributed by atoms with Gasteiger partial charge in [0.2, 0.25) is 0 Å². The molecule has 2 fully saturated rings. The maximum Gasteiger partial charge on any atom is 0.266 e. The summed E-state index contributed by atoms with van der Waals surface area (Å²) in [4.78, 5) is 38.1. The van der Waals surface area contributed by atoms with Gasteiger partial charge in [-0.1, -0.05) is 6.07 Å². The number of benzene rings is 2. The molecular formula is C31H35F3N4O4. The number of aliphatic hydroxyl groups is 1. The van der Waals surface area contributed by atoms with Gasteiger partial charge in [0, 0.05) is 37.3 Å². The number of nitrogens with one attached hydrogen (secondary N) is 1. The van der Waals surface area contributed by atoms with E-state index in [0.29, 0.717) is 57.4 Å². The molecule has 3 aliphatic rings. The summed E-state index contributed by atoms with van der Waals surface area (Å²) in [7, 11) is 0. The number of aryl methyl sites for hydroxylation is 2. The fourth-order valence-corrected chi connectivity index (χ4v) is 5.72. The van der Waals surface area contributed by atoms with Crippen LogP contribution >= 0.6 is 0 Å². The average molecular weight is 585 g/mol. The van der Waals surface area contributed by atoms with Gasteiger partial charge in [-0.2, -0.15) is 0 Å². The number of rotatable bonds is 6. The Kier molecular flexibility index (Phi) is 8.17. The highest BCUT2D eigenvalue weighted by Crippen LogP contribution is 2.32. The van der Waals surface area contributed by atoms with E-state index in [-0.39, 0.29) is 23.2 Å². The van der Waals surface area contributed by atoms with E-state index in [1.165, 1.54) is 6.07 Å². The van der Waals surface area contributed by atoms with Gasteiger partial charge in [0.05, 0.1) is 11.2 Å². The molecule has 1 spiro atoms. The molecule has 2 aromatic rings. The standard InChI is InChI=1S/C31H35F3N4O4/c1-19-16-22(28(39)37-11-7-30(3,41)8-12-37)17-20(2)23(19)6-15-42-38-13-9-31(10-14-38)29(40)35-27(36-31)21-4-5-24(26(33)34)25(32)18-21/h4-6,15-18,26,41H,7-14H2,1-3H3,(H,35,36,40)/b15-6+. The van der Waals surface area contributed by atoms with Crippen molar-refractivity contribution in [1.82, 2.24) is 15.3 Å². The van der Waals surface area contributed by atoms with Crippen LogP contribution in [0.1, 0.15) is 77.2 Å². The lowest BCUT2D eigenvalue weighted by molar-refractivity contribution is -0.139. The van der Waals surface area contributed by atoms with Crippen LogP contribution in [0.2, 0.25) is 0 Å². The molecular weight excluding hydrogens is 549 g/mol. The predicted molar refractivity (Wildman–Crippen MR) is 151 cm³/mol. The van der Waals surface area contributed by atoms with E-state index in [4.69, 9.17) is 4.84 Å². The minimum atomic E-state index is -2.93. The molecule has 42 heavy (non-hydrogen) atoms. The fourth-order valence-electron chi connectivity index (χ4n) is 5.72. The Bertz CT molecular complexity index is 1410. The number of hydrogen-bond acceptors (Lipinski definition) is 6. The molecule has 0 saturated carbocycles. The molecule has 2 saturated heterocycles. The monoisotopic (exact) mass is 584 g/mol. The average Bonchev–Trinajstić information content (AvgIpc) is 3.25. The summed E-state index contributed by atoms with van der Waals surface area (Å²) in [5.41, 5.74) is 1.23. The first-order valence-electron chi connectivity index (χ1n) is 14.1. The van der Waals surface area contributed by atoms with Crippen molar-refractivity contribution in [3.8, 4) is 0 Å². The Morgan fingerprint density at radius 2 is 1.71 bits per heavy atom. The summed E-state index contributed by atoms with van der Waals surface area (Å²) in [6.07, 6.45) is 2.36.